The molecule has 0 spiro atoms. The van der Waals surface area contributed by atoms with E-state index in [-0.39, 0.29) is 11.9 Å². The third-order valence-electron chi connectivity index (χ3n) is 5.27. The van der Waals surface area contributed by atoms with Crippen molar-refractivity contribution in [1.29, 1.82) is 0 Å². The van der Waals surface area contributed by atoms with Gasteiger partial charge in [-0.3, -0.25) is 4.79 Å². The molecule has 2 rings (SSSR count). The van der Waals surface area contributed by atoms with Crippen molar-refractivity contribution >= 4 is 5.91 Å². The Labute approximate surface area is 127 Å². The van der Waals surface area contributed by atoms with Crippen molar-refractivity contribution in [2.45, 2.75) is 72.4 Å². The molecule has 1 fully saturated rings. The van der Waals surface area contributed by atoms with E-state index in [4.69, 9.17) is 0 Å². The van der Waals surface area contributed by atoms with Crippen LogP contribution in [0.4, 0.5) is 0 Å². The lowest BCUT2D eigenvalue weighted by atomic mass is 9.88. The summed E-state index contributed by atoms with van der Waals surface area (Å²) in [6.45, 7) is 10.3. The Morgan fingerprint density at radius 1 is 0.905 bits per heavy atom. The van der Waals surface area contributed by atoms with E-state index in [0.29, 0.717) is 0 Å². The number of rotatable bonds is 2. The third-order valence-corrected chi connectivity index (χ3v) is 5.27. The molecule has 0 aromatic heterocycles. The maximum Gasteiger partial charge on any atom is 0.252 e. The van der Waals surface area contributed by atoms with Gasteiger partial charge in [-0.25, -0.2) is 0 Å². The van der Waals surface area contributed by atoms with Crippen molar-refractivity contribution in [2.24, 2.45) is 0 Å². The maximum atomic E-state index is 12.7. The molecule has 3 heteroatoms. The molecule has 1 aromatic carbocycles. The van der Waals surface area contributed by atoms with Gasteiger partial charge in [-0.1, -0.05) is 12.8 Å². The van der Waals surface area contributed by atoms with Crippen LogP contribution in [0.25, 0.3) is 0 Å². The monoisotopic (exact) mass is 289 g/mol. The molecule has 0 saturated heterocycles. The van der Waals surface area contributed by atoms with Crippen molar-refractivity contribution in [1.82, 2.24) is 5.32 Å². The smallest absolute Gasteiger partial charge is 0.252 e. The number of hydrogen-bond acceptors (Lipinski definition) is 2. The second kappa shape index (κ2) is 6.18. The van der Waals surface area contributed by atoms with Crippen LogP contribution in [0.5, 0.6) is 0 Å². The van der Waals surface area contributed by atoms with Gasteiger partial charge in [-0.2, -0.15) is 0 Å². The van der Waals surface area contributed by atoms with Crippen LogP contribution < -0.4 is 5.32 Å². The molecule has 1 aliphatic carbocycles. The van der Waals surface area contributed by atoms with Crippen LogP contribution >= 0.6 is 0 Å². The average Bonchev–Trinajstić information content (AvgIpc) is 2.46. The molecule has 2 atom stereocenters. The predicted molar refractivity (Wildman–Crippen MR) is 85.9 cm³/mol. The van der Waals surface area contributed by atoms with Crippen molar-refractivity contribution in [3.8, 4) is 0 Å². The molecule has 0 aliphatic heterocycles. The number of nitrogens with one attached hydrogen (secondary N) is 1. The molecule has 0 bridgehead atoms. The van der Waals surface area contributed by atoms with Crippen molar-refractivity contribution in [3.05, 3.63) is 33.4 Å². The maximum absolute atomic E-state index is 12.7. The number of hydrogen-bond donors (Lipinski definition) is 2. The van der Waals surface area contributed by atoms with Gasteiger partial charge >= 0.3 is 0 Å². The van der Waals surface area contributed by atoms with E-state index < -0.39 is 6.10 Å². The molecule has 21 heavy (non-hydrogen) atoms. The summed E-state index contributed by atoms with van der Waals surface area (Å²) in [5, 5.41) is 13.1. The van der Waals surface area contributed by atoms with Crippen molar-refractivity contribution in [3.63, 3.8) is 0 Å². The zero-order chi connectivity index (χ0) is 15.7. The van der Waals surface area contributed by atoms with E-state index >= 15 is 0 Å². The average molecular weight is 289 g/mol. The van der Waals surface area contributed by atoms with Crippen LogP contribution in [-0.4, -0.2) is 23.2 Å². The fourth-order valence-electron chi connectivity index (χ4n) is 3.36. The first kappa shape index (κ1) is 16.0. The van der Waals surface area contributed by atoms with E-state index in [1.807, 2.05) is 13.8 Å². The first-order valence-corrected chi connectivity index (χ1v) is 7.90. The van der Waals surface area contributed by atoms with Gasteiger partial charge in [0.25, 0.3) is 5.91 Å². The Hall–Kier alpha value is -1.35. The summed E-state index contributed by atoms with van der Waals surface area (Å²) in [5.41, 5.74) is 6.53. The van der Waals surface area contributed by atoms with E-state index in [9.17, 15) is 9.90 Å². The molecule has 3 nitrogen and oxygen atoms in total. The molecular formula is C18H27NO2. The zero-order valence-corrected chi connectivity index (χ0v) is 13.8. The largest absolute Gasteiger partial charge is 0.391 e. The third kappa shape index (κ3) is 2.98. The predicted octanol–water partition coefficient (Wildman–Crippen LogP) is 3.26. The Balaban J connectivity index is 2.31. The summed E-state index contributed by atoms with van der Waals surface area (Å²) >= 11 is 0. The lowest BCUT2D eigenvalue weighted by Gasteiger charge is -2.29. The normalized spacial score (nSPS) is 22.2. The van der Waals surface area contributed by atoms with Gasteiger partial charge < -0.3 is 10.4 Å². The van der Waals surface area contributed by atoms with Gasteiger partial charge in [0.15, 0.2) is 0 Å². The fraction of sp³-hybridized carbons (Fsp3) is 0.611. The molecule has 1 amide bonds. The highest BCUT2D eigenvalue weighted by Gasteiger charge is 2.26. The molecule has 2 N–H and O–H groups in total. The number of carbonyl (C=O) groups is 1. The van der Waals surface area contributed by atoms with Crippen LogP contribution in [0, 0.1) is 34.6 Å². The number of amides is 1. The minimum atomic E-state index is -0.407. The van der Waals surface area contributed by atoms with Crippen LogP contribution in [0.2, 0.25) is 0 Å². The Morgan fingerprint density at radius 2 is 1.38 bits per heavy atom. The molecular weight excluding hydrogens is 262 g/mol. The quantitative estimate of drug-likeness (QED) is 0.878. The number of carbonyl (C=O) groups excluding carboxylic acids is 1. The summed E-state index contributed by atoms with van der Waals surface area (Å²) in [4.78, 5) is 12.7. The molecule has 1 aromatic rings. The minimum absolute atomic E-state index is 0.0397. The molecule has 1 aliphatic rings. The number of aliphatic hydroxyl groups excluding tert-OH is 1. The fourth-order valence-corrected chi connectivity index (χ4v) is 3.36. The van der Waals surface area contributed by atoms with Gasteiger partial charge in [-0.15, -0.1) is 0 Å². The van der Waals surface area contributed by atoms with E-state index in [2.05, 4.69) is 26.1 Å². The Bertz CT molecular complexity index is 534. The summed E-state index contributed by atoms with van der Waals surface area (Å²) in [6, 6.07) is -0.105. The van der Waals surface area contributed by atoms with Crippen LogP contribution in [0.1, 0.15) is 63.9 Å². The van der Waals surface area contributed by atoms with E-state index in [0.717, 1.165) is 42.4 Å². The first-order chi connectivity index (χ1) is 9.84. The minimum Gasteiger partial charge on any atom is -0.391 e. The number of benzene rings is 1. The first-order valence-electron chi connectivity index (χ1n) is 7.90. The van der Waals surface area contributed by atoms with Gasteiger partial charge in [0.1, 0.15) is 0 Å². The second-order valence-electron chi connectivity index (χ2n) is 6.43. The topological polar surface area (TPSA) is 49.3 Å². The van der Waals surface area contributed by atoms with Gasteiger partial charge in [0, 0.05) is 5.56 Å². The SMILES string of the molecule is Cc1c(C)c(C)c(C(=O)NC2CCCCC2O)c(C)c1C. The highest BCUT2D eigenvalue weighted by Crippen LogP contribution is 2.27. The van der Waals surface area contributed by atoms with E-state index in [1.165, 1.54) is 16.7 Å². The van der Waals surface area contributed by atoms with Crippen molar-refractivity contribution in [2.75, 3.05) is 0 Å². The molecule has 2 unspecified atom stereocenters. The summed E-state index contributed by atoms with van der Waals surface area (Å²) in [5.74, 6) is -0.0397. The standard InChI is InChI=1S/C18H27NO2/c1-10-11(2)13(4)17(14(5)12(10)3)18(21)19-15-8-6-7-9-16(15)20/h15-16,20H,6-9H2,1-5H3,(H,19,21). The summed E-state index contributed by atoms with van der Waals surface area (Å²) in [7, 11) is 0. The lowest BCUT2D eigenvalue weighted by molar-refractivity contribution is 0.0716. The highest BCUT2D eigenvalue weighted by molar-refractivity contribution is 5.98. The molecule has 0 radical (unpaired) electrons. The molecule has 0 heterocycles. The van der Waals surface area contributed by atoms with Gasteiger partial charge in [0.05, 0.1) is 12.1 Å². The number of aliphatic hydroxyl groups is 1. The Kier molecular flexibility index (Phi) is 4.72. The van der Waals surface area contributed by atoms with Gasteiger partial charge in [0.2, 0.25) is 0 Å². The second-order valence-corrected chi connectivity index (χ2v) is 6.43. The zero-order valence-electron chi connectivity index (χ0n) is 13.8. The summed E-state index contributed by atoms with van der Waals surface area (Å²) < 4.78 is 0. The Morgan fingerprint density at radius 3 is 1.90 bits per heavy atom. The van der Waals surface area contributed by atoms with Crippen LogP contribution in [-0.2, 0) is 0 Å². The molecule has 1 saturated carbocycles. The van der Waals surface area contributed by atoms with Crippen LogP contribution in [0.15, 0.2) is 0 Å². The van der Waals surface area contributed by atoms with Crippen molar-refractivity contribution < 1.29 is 9.90 Å². The summed E-state index contributed by atoms with van der Waals surface area (Å²) in [6.07, 6.45) is 3.38. The van der Waals surface area contributed by atoms with Gasteiger partial charge in [-0.05, 0) is 75.3 Å². The van der Waals surface area contributed by atoms with Crippen LogP contribution in [0.3, 0.4) is 0 Å². The highest BCUT2D eigenvalue weighted by atomic mass is 16.3. The van der Waals surface area contributed by atoms with E-state index in [1.54, 1.807) is 0 Å². The lowest BCUT2D eigenvalue weighted by Crippen LogP contribution is -2.45. The molecule has 116 valence electrons.